The lowest BCUT2D eigenvalue weighted by Gasteiger charge is -2.30. The van der Waals surface area contributed by atoms with E-state index in [1.807, 2.05) is 13.1 Å². The summed E-state index contributed by atoms with van der Waals surface area (Å²) in [7, 11) is -2.09. The smallest absolute Gasteiger partial charge is 0.294 e. The zero-order chi connectivity index (χ0) is 27.4. The van der Waals surface area contributed by atoms with Crippen LogP contribution in [-0.2, 0) is 34.8 Å². The molecule has 0 bridgehead atoms. The number of hydrogen-bond acceptors (Lipinski definition) is 8. The third-order valence-corrected chi connectivity index (χ3v) is 8.87. The van der Waals surface area contributed by atoms with Gasteiger partial charge in [0.25, 0.3) is 10.6 Å². The van der Waals surface area contributed by atoms with Crippen molar-refractivity contribution < 1.29 is 23.1 Å². The first kappa shape index (κ1) is 27.8. The first-order valence-electron chi connectivity index (χ1n) is 13.0. The lowest BCUT2D eigenvalue weighted by molar-refractivity contribution is -0.759. The summed E-state index contributed by atoms with van der Waals surface area (Å²) in [5.41, 5.74) is 3.35. The molecule has 4 rings (SSSR count). The fraction of sp³-hybridized carbons (Fsp3) is 0.538. The van der Waals surface area contributed by atoms with Crippen molar-refractivity contribution in [3.05, 3.63) is 61.6 Å². The summed E-state index contributed by atoms with van der Waals surface area (Å²) in [5.74, 6) is 0.459. The number of piperidine rings is 1. The van der Waals surface area contributed by atoms with Crippen LogP contribution in [0, 0.1) is 16.0 Å². The van der Waals surface area contributed by atoms with Crippen LogP contribution in [0.5, 0.6) is 5.75 Å². The number of rotatable bonds is 11. The number of aromatic nitrogens is 1. The quantitative estimate of drug-likeness (QED) is 0.311. The molecule has 3 heterocycles. The van der Waals surface area contributed by atoms with Gasteiger partial charge in [-0.25, -0.2) is 8.42 Å². The minimum Gasteiger partial charge on any atom is -0.493 e. The van der Waals surface area contributed by atoms with Crippen LogP contribution in [0.15, 0.2) is 39.1 Å². The van der Waals surface area contributed by atoms with Crippen molar-refractivity contribution in [2.75, 3.05) is 26.3 Å². The first-order valence-corrected chi connectivity index (χ1v) is 14.4. The van der Waals surface area contributed by atoms with Gasteiger partial charge in [0.05, 0.1) is 29.5 Å². The molecule has 0 spiro atoms. The maximum absolute atomic E-state index is 13.6. The topological polar surface area (TPSA) is 133 Å². The average Bonchev–Trinajstić information content (AvgIpc) is 3.35. The van der Waals surface area contributed by atoms with Crippen molar-refractivity contribution in [3.63, 3.8) is 0 Å². The Kier molecular flexibility index (Phi) is 8.51. The second-order valence-corrected chi connectivity index (χ2v) is 11.7. The van der Waals surface area contributed by atoms with Crippen LogP contribution in [0.3, 0.4) is 0 Å². The van der Waals surface area contributed by atoms with E-state index in [0.29, 0.717) is 54.1 Å². The number of ether oxygens (including phenoxy) is 1. The highest BCUT2D eigenvalue weighted by Gasteiger charge is 2.32. The molecule has 12 heteroatoms. The molecule has 1 fully saturated rings. The Hall–Kier alpha value is -3.25. The maximum Gasteiger partial charge on any atom is 0.294 e. The third kappa shape index (κ3) is 5.75. The fourth-order valence-corrected chi connectivity index (χ4v) is 6.47. The normalized spacial score (nSPS) is 16.2. The van der Waals surface area contributed by atoms with E-state index in [4.69, 9.17) is 9.73 Å². The van der Waals surface area contributed by atoms with Crippen LogP contribution in [0.25, 0.3) is 0 Å². The monoisotopic (exact) mass is 546 g/mol. The highest BCUT2D eigenvalue weighted by Crippen LogP contribution is 2.35. The van der Waals surface area contributed by atoms with Gasteiger partial charge in [0.2, 0.25) is 10.0 Å². The molecule has 2 aliphatic heterocycles. The van der Waals surface area contributed by atoms with Gasteiger partial charge in [-0.05, 0) is 55.4 Å². The molecular formula is C26H34N4O7S. The molecule has 0 amide bonds. The van der Waals surface area contributed by atoms with Crippen molar-refractivity contribution >= 4 is 21.4 Å². The molecule has 0 aliphatic carbocycles. The standard InChI is InChI=1S/C26H34N4O7S/c1-4-6-19-16-28(3)26(31)22-15-23(27-25(19)22)21-14-20(7-8-24(21)36-13-5-2)38(34,35)29-11-9-18(10-12-29)17-37-30(32)33/h7-8,14,16,18H,4-6,9-13,15,17H2,1-3H3. The number of fused-ring (bicyclic) bond motifs is 1. The molecule has 0 atom stereocenters. The van der Waals surface area contributed by atoms with E-state index in [-0.39, 0.29) is 36.1 Å². The Balaban J connectivity index is 1.65. The van der Waals surface area contributed by atoms with Crippen molar-refractivity contribution in [3.8, 4) is 5.75 Å². The van der Waals surface area contributed by atoms with E-state index in [9.17, 15) is 23.3 Å². The summed E-state index contributed by atoms with van der Waals surface area (Å²) in [5, 5.41) is 9.66. The SMILES string of the molecule is CCCOc1ccc(S(=O)(=O)N2CCC(CO[N+](=O)[O-])CC2)cc1C1=Nc2c(CCC)cn(C)c(=O)c2C1. The van der Waals surface area contributed by atoms with Crippen LogP contribution in [0.2, 0.25) is 0 Å². The molecule has 2 aromatic rings. The summed E-state index contributed by atoms with van der Waals surface area (Å²) < 4.78 is 36.1. The van der Waals surface area contributed by atoms with Crippen LogP contribution < -0.4 is 10.3 Å². The number of nitrogens with zero attached hydrogens (tertiary/aromatic N) is 4. The van der Waals surface area contributed by atoms with Crippen molar-refractivity contribution in [1.29, 1.82) is 0 Å². The number of benzene rings is 1. The minimum absolute atomic E-state index is 0.0334. The third-order valence-electron chi connectivity index (χ3n) is 6.98. The van der Waals surface area contributed by atoms with E-state index in [1.165, 1.54) is 10.4 Å². The predicted octanol–water partition coefficient (Wildman–Crippen LogP) is 3.41. The lowest BCUT2D eigenvalue weighted by Crippen LogP contribution is -2.39. The average molecular weight is 547 g/mol. The molecule has 1 saturated heterocycles. The van der Waals surface area contributed by atoms with Gasteiger partial charge < -0.3 is 14.1 Å². The largest absolute Gasteiger partial charge is 0.493 e. The van der Waals surface area contributed by atoms with Gasteiger partial charge in [0.15, 0.2) is 0 Å². The summed E-state index contributed by atoms with van der Waals surface area (Å²) in [6.07, 6.45) is 5.54. The van der Waals surface area contributed by atoms with Crippen molar-refractivity contribution in [2.24, 2.45) is 18.0 Å². The number of sulfonamides is 1. The second kappa shape index (κ2) is 11.6. The van der Waals surface area contributed by atoms with Gasteiger partial charge >= 0.3 is 0 Å². The van der Waals surface area contributed by atoms with E-state index in [2.05, 4.69) is 11.8 Å². The highest BCUT2D eigenvalue weighted by molar-refractivity contribution is 7.89. The van der Waals surface area contributed by atoms with Gasteiger partial charge in [-0.3, -0.25) is 9.79 Å². The molecule has 11 nitrogen and oxygen atoms in total. The number of pyridine rings is 1. The van der Waals surface area contributed by atoms with Crippen LogP contribution in [0.1, 0.15) is 56.2 Å². The van der Waals surface area contributed by atoms with Gasteiger partial charge in [-0.1, -0.05) is 20.3 Å². The zero-order valence-electron chi connectivity index (χ0n) is 22.0. The molecule has 1 aromatic heterocycles. The Bertz CT molecular complexity index is 1390. The summed E-state index contributed by atoms with van der Waals surface area (Å²) >= 11 is 0. The van der Waals surface area contributed by atoms with E-state index < -0.39 is 15.1 Å². The van der Waals surface area contributed by atoms with Crippen LogP contribution in [-0.4, -0.2) is 54.4 Å². The number of aryl methyl sites for hydroxylation is 2. The van der Waals surface area contributed by atoms with Gasteiger partial charge in [-0.15, -0.1) is 10.1 Å². The Labute approximate surface area is 222 Å². The van der Waals surface area contributed by atoms with Gasteiger partial charge in [-0.2, -0.15) is 4.31 Å². The summed E-state index contributed by atoms with van der Waals surface area (Å²) in [4.78, 5) is 32.8. The number of hydrogen-bond donors (Lipinski definition) is 0. The molecule has 2 aliphatic rings. The maximum atomic E-state index is 13.6. The van der Waals surface area contributed by atoms with E-state index >= 15 is 0 Å². The summed E-state index contributed by atoms with van der Waals surface area (Å²) in [6, 6.07) is 4.79. The molecule has 0 unspecified atom stereocenters. The molecule has 38 heavy (non-hydrogen) atoms. The second-order valence-electron chi connectivity index (χ2n) is 9.76. The Morgan fingerprint density at radius 3 is 2.58 bits per heavy atom. The Morgan fingerprint density at radius 1 is 1.18 bits per heavy atom. The van der Waals surface area contributed by atoms with Gasteiger partial charge in [0.1, 0.15) is 5.75 Å². The van der Waals surface area contributed by atoms with E-state index in [0.717, 1.165) is 24.8 Å². The molecular weight excluding hydrogens is 512 g/mol. The predicted molar refractivity (Wildman–Crippen MR) is 142 cm³/mol. The molecule has 0 saturated carbocycles. The zero-order valence-corrected chi connectivity index (χ0v) is 22.8. The van der Waals surface area contributed by atoms with Gasteiger partial charge in [0, 0.05) is 43.9 Å². The van der Waals surface area contributed by atoms with Crippen LogP contribution in [0.4, 0.5) is 5.69 Å². The molecule has 1 aromatic carbocycles. The lowest BCUT2D eigenvalue weighted by atomic mass is 9.99. The molecule has 0 radical (unpaired) electrons. The highest BCUT2D eigenvalue weighted by atomic mass is 32.2. The first-order chi connectivity index (χ1) is 18.1. The van der Waals surface area contributed by atoms with E-state index in [1.54, 1.807) is 23.7 Å². The van der Waals surface area contributed by atoms with Crippen molar-refractivity contribution in [1.82, 2.24) is 8.87 Å². The Morgan fingerprint density at radius 2 is 1.92 bits per heavy atom. The summed E-state index contributed by atoms with van der Waals surface area (Å²) in [6.45, 7) is 4.99. The fourth-order valence-electron chi connectivity index (χ4n) is 4.97. The van der Waals surface area contributed by atoms with Crippen molar-refractivity contribution in [2.45, 2.75) is 57.3 Å². The number of aliphatic imine (C=N–C) groups is 1. The molecule has 206 valence electrons. The van der Waals surface area contributed by atoms with Crippen LogP contribution >= 0.6 is 0 Å². The minimum atomic E-state index is -3.82. The molecule has 0 N–H and O–H groups in total.